The van der Waals surface area contributed by atoms with E-state index in [9.17, 15) is 9.59 Å². The molecule has 2 fully saturated rings. The number of carbonyl (C=O) groups is 2. The largest absolute Gasteiger partial charge is 0.466 e. The lowest BCUT2D eigenvalue weighted by Crippen LogP contribution is -2.43. The van der Waals surface area contributed by atoms with Crippen molar-refractivity contribution >= 4 is 11.9 Å². The smallest absolute Gasteiger partial charge is 0.310 e. The van der Waals surface area contributed by atoms with E-state index in [0.717, 1.165) is 32.1 Å². The van der Waals surface area contributed by atoms with Gasteiger partial charge in [0.2, 0.25) is 0 Å². The normalized spacial score (nSPS) is 34.8. The molecular formula is C21H36O4. The molecule has 0 aromatic rings. The molecule has 0 radical (unpaired) electrons. The first-order valence-electron chi connectivity index (χ1n) is 10.3. The molecule has 4 nitrogen and oxygen atoms in total. The third-order valence-electron chi connectivity index (χ3n) is 6.73. The molecule has 0 saturated heterocycles. The van der Waals surface area contributed by atoms with E-state index in [1.54, 1.807) is 0 Å². The maximum absolute atomic E-state index is 13.0. The van der Waals surface area contributed by atoms with Gasteiger partial charge in [-0.05, 0) is 56.3 Å². The Morgan fingerprint density at radius 3 is 2.08 bits per heavy atom. The Hall–Kier alpha value is -1.06. The fraction of sp³-hybridized carbons (Fsp3) is 0.905. The van der Waals surface area contributed by atoms with Crippen LogP contribution < -0.4 is 0 Å². The minimum absolute atomic E-state index is 0.0197. The molecule has 0 N–H and O–H groups in total. The molecule has 0 heterocycles. The Bertz CT molecular complexity index is 461. The number of fused-ring (bicyclic) bond motifs is 2. The highest BCUT2D eigenvalue weighted by molar-refractivity contribution is 5.84. The van der Waals surface area contributed by atoms with Crippen LogP contribution in [0.1, 0.15) is 73.1 Å². The summed E-state index contributed by atoms with van der Waals surface area (Å²) in [6, 6.07) is 0. The lowest BCUT2D eigenvalue weighted by Gasteiger charge is -2.36. The van der Waals surface area contributed by atoms with E-state index in [-0.39, 0.29) is 41.7 Å². The molecule has 0 aliphatic heterocycles. The van der Waals surface area contributed by atoms with Crippen LogP contribution in [0, 0.1) is 35.5 Å². The van der Waals surface area contributed by atoms with Crippen LogP contribution in [0.15, 0.2) is 0 Å². The topological polar surface area (TPSA) is 52.6 Å². The summed E-state index contributed by atoms with van der Waals surface area (Å²) in [5.41, 5.74) is 0. The van der Waals surface area contributed by atoms with E-state index in [0.29, 0.717) is 18.4 Å². The van der Waals surface area contributed by atoms with Crippen molar-refractivity contribution < 1.29 is 19.1 Å². The lowest BCUT2D eigenvalue weighted by atomic mass is 9.69. The van der Waals surface area contributed by atoms with Gasteiger partial charge in [-0.3, -0.25) is 9.59 Å². The number of carbonyl (C=O) groups excluding carboxylic acids is 2. The average molecular weight is 353 g/mol. The summed E-state index contributed by atoms with van der Waals surface area (Å²) in [6.07, 6.45) is 6.12. The van der Waals surface area contributed by atoms with Crippen LogP contribution >= 0.6 is 0 Å². The Morgan fingerprint density at radius 2 is 1.56 bits per heavy atom. The summed E-state index contributed by atoms with van der Waals surface area (Å²) in [5, 5.41) is 0. The molecule has 7 unspecified atom stereocenters. The summed E-state index contributed by atoms with van der Waals surface area (Å²) in [4.78, 5) is 25.5. The maximum Gasteiger partial charge on any atom is 0.310 e. The van der Waals surface area contributed by atoms with E-state index in [1.165, 1.54) is 6.42 Å². The number of unbranched alkanes of at least 4 members (excludes halogenated alkanes) is 2. The minimum atomic E-state index is -0.310. The van der Waals surface area contributed by atoms with Crippen molar-refractivity contribution in [3.63, 3.8) is 0 Å². The summed E-state index contributed by atoms with van der Waals surface area (Å²) in [6.45, 7) is 10.9. The molecule has 0 aromatic carbocycles. The highest BCUT2D eigenvalue weighted by atomic mass is 16.5. The molecule has 2 saturated carbocycles. The van der Waals surface area contributed by atoms with E-state index in [1.807, 2.05) is 6.92 Å². The molecule has 144 valence electrons. The van der Waals surface area contributed by atoms with Gasteiger partial charge in [0.1, 0.15) is 6.10 Å². The van der Waals surface area contributed by atoms with Crippen molar-refractivity contribution in [2.45, 2.75) is 79.2 Å². The van der Waals surface area contributed by atoms with E-state index >= 15 is 0 Å². The highest BCUT2D eigenvalue weighted by Crippen LogP contribution is 2.58. The maximum atomic E-state index is 13.0. The van der Waals surface area contributed by atoms with Gasteiger partial charge in [-0.15, -0.1) is 0 Å². The summed E-state index contributed by atoms with van der Waals surface area (Å²) in [7, 11) is 0. The zero-order valence-electron chi connectivity index (χ0n) is 16.6. The van der Waals surface area contributed by atoms with Gasteiger partial charge in [0.15, 0.2) is 0 Å². The fourth-order valence-electron chi connectivity index (χ4n) is 5.10. The second kappa shape index (κ2) is 9.05. The van der Waals surface area contributed by atoms with Gasteiger partial charge in [0, 0.05) is 0 Å². The van der Waals surface area contributed by atoms with E-state index in [2.05, 4.69) is 27.7 Å². The van der Waals surface area contributed by atoms with Crippen molar-refractivity contribution in [2.24, 2.45) is 35.5 Å². The molecule has 4 heteroatoms. The zero-order chi connectivity index (χ0) is 18.6. The van der Waals surface area contributed by atoms with Crippen molar-refractivity contribution in [1.29, 1.82) is 0 Å². The summed E-state index contributed by atoms with van der Waals surface area (Å²) in [5.74, 6) is 0.477. The second-order valence-electron chi connectivity index (χ2n) is 8.05. The van der Waals surface area contributed by atoms with Crippen LogP contribution in [-0.4, -0.2) is 24.6 Å². The number of hydrogen-bond donors (Lipinski definition) is 0. The molecule has 2 aliphatic rings. The van der Waals surface area contributed by atoms with Crippen molar-refractivity contribution in [1.82, 2.24) is 0 Å². The highest BCUT2D eigenvalue weighted by Gasteiger charge is 2.60. The molecule has 0 spiro atoms. The van der Waals surface area contributed by atoms with Crippen LogP contribution in [0.3, 0.4) is 0 Å². The van der Waals surface area contributed by atoms with Gasteiger partial charge in [0.25, 0.3) is 0 Å². The molecule has 2 bridgehead atoms. The van der Waals surface area contributed by atoms with Gasteiger partial charge in [-0.25, -0.2) is 0 Å². The Labute approximate surface area is 153 Å². The molecule has 2 aliphatic carbocycles. The fourth-order valence-corrected chi connectivity index (χ4v) is 5.10. The van der Waals surface area contributed by atoms with Crippen molar-refractivity contribution in [3.05, 3.63) is 0 Å². The summed E-state index contributed by atoms with van der Waals surface area (Å²) >= 11 is 0. The van der Waals surface area contributed by atoms with Crippen LogP contribution in [0.25, 0.3) is 0 Å². The number of ether oxygens (including phenoxy) is 2. The summed E-state index contributed by atoms with van der Waals surface area (Å²) < 4.78 is 11.2. The SMILES string of the molecule is CCCCCC(CC)OC(=O)C1C2CC(C(C)C2C)C1C(=O)OCC. The van der Waals surface area contributed by atoms with Crippen LogP contribution in [0.5, 0.6) is 0 Å². The molecular weight excluding hydrogens is 316 g/mol. The van der Waals surface area contributed by atoms with E-state index in [4.69, 9.17) is 9.47 Å². The predicted octanol–water partition coefficient (Wildman–Crippen LogP) is 4.61. The quantitative estimate of drug-likeness (QED) is 0.449. The average Bonchev–Trinajstić information content (AvgIpc) is 3.11. The van der Waals surface area contributed by atoms with Crippen LogP contribution in [0.2, 0.25) is 0 Å². The molecule has 0 amide bonds. The number of rotatable bonds is 9. The Balaban J connectivity index is 2.08. The standard InChI is InChI=1S/C21H36O4/c1-6-9-10-11-15(7-2)25-21(23)19-17-12-16(13(4)14(17)5)18(19)20(22)24-8-3/h13-19H,6-12H2,1-5H3. The molecule has 7 atom stereocenters. The van der Waals surface area contributed by atoms with Gasteiger partial charge in [-0.2, -0.15) is 0 Å². The molecule has 0 aromatic heterocycles. The van der Waals surface area contributed by atoms with Gasteiger partial charge >= 0.3 is 11.9 Å². The van der Waals surface area contributed by atoms with Gasteiger partial charge in [0.05, 0.1) is 18.4 Å². The lowest BCUT2D eigenvalue weighted by molar-refractivity contribution is -0.169. The zero-order valence-corrected chi connectivity index (χ0v) is 16.6. The first-order valence-corrected chi connectivity index (χ1v) is 10.3. The minimum Gasteiger partial charge on any atom is -0.466 e. The second-order valence-corrected chi connectivity index (χ2v) is 8.05. The first-order chi connectivity index (χ1) is 12.0. The number of hydrogen-bond acceptors (Lipinski definition) is 4. The third kappa shape index (κ3) is 4.20. The van der Waals surface area contributed by atoms with Gasteiger partial charge < -0.3 is 9.47 Å². The molecule has 2 rings (SSSR count). The molecule has 25 heavy (non-hydrogen) atoms. The Kier molecular flexibility index (Phi) is 7.33. The van der Waals surface area contributed by atoms with Crippen molar-refractivity contribution in [2.75, 3.05) is 6.61 Å². The van der Waals surface area contributed by atoms with E-state index < -0.39 is 0 Å². The Morgan fingerprint density at radius 1 is 0.960 bits per heavy atom. The van der Waals surface area contributed by atoms with Crippen molar-refractivity contribution in [3.8, 4) is 0 Å². The first kappa shape index (κ1) is 20.3. The predicted molar refractivity (Wildman–Crippen MR) is 97.9 cm³/mol. The van der Waals surface area contributed by atoms with Crippen LogP contribution in [0.4, 0.5) is 0 Å². The number of esters is 2. The van der Waals surface area contributed by atoms with Gasteiger partial charge in [-0.1, -0.05) is 40.5 Å². The monoisotopic (exact) mass is 352 g/mol. The van der Waals surface area contributed by atoms with Crippen LogP contribution in [-0.2, 0) is 19.1 Å². The third-order valence-corrected chi connectivity index (χ3v) is 6.73.